The summed E-state index contributed by atoms with van der Waals surface area (Å²) < 4.78 is 6.17. The van der Waals surface area contributed by atoms with Gasteiger partial charge >= 0.3 is 11.9 Å². The van der Waals surface area contributed by atoms with E-state index in [2.05, 4.69) is 0 Å². The second-order valence-corrected chi connectivity index (χ2v) is 8.55. The van der Waals surface area contributed by atoms with Gasteiger partial charge in [0.25, 0.3) is 0 Å². The lowest BCUT2D eigenvalue weighted by atomic mass is 9.88. The first-order valence-electron chi connectivity index (χ1n) is 10.6. The van der Waals surface area contributed by atoms with Crippen LogP contribution < -0.4 is 5.43 Å². The number of carbonyl (C=O) groups is 2. The van der Waals surface area contributed by atoms with E-state index in [9.17, 15) is 24.6 Å². The highest BCUT2D eigenvalue weighted by Crippen LogP contribution is 2.44. The number of halogens is 1. The molecule has 0 amide bonds. The number of fused-ring (bicyclic) bond motifs is 4. The van der Waals surface area contributed by atoms with Crippen LogP contribution in [0, 0.1) is 0 Å². The van der Waals surface area contributed by atoms with Gasteiger partial charge in [0.15, 0.2) is 5.43 Å². The van der Waals surface area contributed by atoms with Gasteiger partial charge in [0.05, 0.1) is 10.6 Å². The molecule has 0 radical (unpaired) electrons. The lowest BCUT2D eigenvalue weighted by Gasteiger charge is -2.18. The minimum atomic E-state index is -1.12. The van der Waals surface area contributed by atoms with E-state index in [4.69, 9.17) is 21.1 Å². The maximum Gasteiger partial charge on any atom is 0.336 e. The highest BCUT2D eigenvalue weighted by atomic mass is 35.5. The van der Waals surface area contributed by atoms with E-state index in [1.165, 1.54) is 18.2 Å². The van der Waals surface area contributed by atoms with Crippen molar-refractivity contribution < 1.29 is 29.3 Å². The van der Waals surface area contributed by atoms with E-state index in [0.29, 0.717) is 38.4 Å². The molecule has 1 aliphatic carbocycles. The quantitative estimate of drug-likeness (QED) is 0.211. The summed E-state index contributed by atoms with van der Waals surface area (Å²) in [5.41, 5.74) is 1.76. The maximum absolute atomic E-state index is 12.8. The second kappa shape index (κ2) is 8.45. The van der Waals surface area contributed by atoms with Crippen LogP contribution in [0.5, 0.6) is 5.75 Å². The van der Waals surface area contributed by atoms with Crippen LogP contribution in [0.3, 0.4) is 0 Å². The number of hydrogen-bond acceptors (Lipinski definition) is 5. The molecule has 2 aliphatic rings. The fraction of sp³-hybridized carbons (Fsp3) is 0.0741. The van der Waals surface area contributed by atoms with Crippen LogP contribution in [0.15, 0.2) is 69.9 Å². The minimum Gasteiger partial charge on any atom is -0.506 e. The second-order valence-electron chi connectivity index (χ2n) is 8.14. The molecule has 0 saturated heterocycles. The van der Waals surface area contributed by atoms with Crippen molar-refractivity contribution in [3.63, 3.8) is 0 Å². The highest BCUT2D eigenvalue weighted by Gasteiger charge is 2.24. The van der Waals surface area contributed by atoms with E-state index < -0.39 is 11.9 Å². The number of benzene rings is 4. The Bertz CT molecular complexity index is 1700. The number of rotatable bonds is 5. The Labute approximate surface area is 202 Å². The summed E-state index contributed by atoms with van der Waals surface area (Å²) in [7, 11) is 0. The number of aliphatic carboxylic acids is 1. The molecule has 1 heterocycles. The number of aryl methyl sites for hydroxylation is 1. The zero-order valence-corrected chi connectivity index (χ0v) is 18.8. The molecule has 0 bridgehead atoms. The van der Waals surface area contributed by atoms with Gasteiger partial charge in [-0.1, -0.05) is 35.9 Å². The van der Waals surface area contributed by atoms with Gasteiger partial charge in [-0.3, -0.25) is 9.59 Å². The van der Waals surface area contributed by atoms with Gasteiger partial charge in [-0.2, -0.15) is 0 Å². The van der Waals surface area contributed by atoms with Crippen molar-refractivity contribution in [2.75, 3.05) is 0 Å². The zero-order valence-electron chi connectivity index (χ0n) is 18.0. The standard InChI is InChI=1S/C27H17ClO7/c28-20-11-18-13(10-22(20)30)5-7-17-25(15-3-1-2-4-16(15)27(33)34)19-9-14(6-8-24(31)32)21(29)12-23(19)35-26(17)18/h1-5,7,9-12,30H,6,8H2,(H,31,32)(H,33,34). The van der Waals surface area contributed by atoms with Crippen molar-refractivity contribution in [1.82, 2.24) is 0 Å². The monoisotopic (exact) mass is 488 g/mol. The number of carboxylic acids is 2. The Morgan fingerprint density at radius 1 is 0.914 bits per heavy atom. The predicted molar refractivity (Wildman–Crippen MR) is 132 cm³/mol. The largest absolute Gasteiger partial charge is 0.506 e. The molecule has 0 aromatic heterocycles. The fourth-order valence-corrected chi connectivity index (χ4v) is 4.53. The SMILES string of the molecule is O=C(O)CCc1cc2c(-c3ccccc3C(=O)O)c3ccc4cc(O)c(Cl)cc4c3oc-2cc1=O. The van der Waals surface area contributed by atoms with Crippen molar-refractivity contribution in [2.45, 2.75) is 12.8 Å². The fourth-order valence-electron chi connectivity index (χ4n) is 4.37. The summed E-state index contributed by atoms with van der Waals surface area (Å²) in [4.78, 5) is 35.9. The summed E-state index contributed by atoms with van der Waals surface area (Å²) in [6.45, 7) is 0. The molecule has 0 saturated carbocycles. The van der Waals surface area contributed by atoms with Crippen molar-refractivity contribution in [2.24, 2.45) is 0 Å². The average molecular weight is 489 g/mol. The van der Waals surface area contributed by atoms with E-state index >= 15 is 0 Å². The summed E-state index contributed by atoms with van der Waals surface area (Å²) in [5.74, 6) is -2.03. The molecular formula is C27H17ClO7. The molecule has 3 N–H and O–H groups in total. The molecule has 3 aromatic rings. The first-order valence-corrected chi connectivity index (χ1v) is 11.0. The van der Waals surface area contributed by atoms with E-state index in [1.807, 2.05) is 0 Å². The van der Waals surface area contributed by atoms with Crippen LogP contribution in [0.1, 0.15) is 22.3 Å². The van der Waals surface area contributed by atoms with Gasteiger partial charge in [0, 0.05) is 39.9 Å². The first-order chi connectivity index (χ1) is 16.7. The zero-order chi connectivity index (χ0) is 24.9. The van der Waals surface area contributed by atoms with Crippen molar-refractivity contribution in [3.05, 3.63) is 87.0 Å². The number of carboxylic acid groups (broad SMARTS) is 2. The van der Waals surface area contributed by atoms with E-state index in [0.717, 1.165) is 0 Å². The van der Waals surface area contributed by atoms with Crippen LogP contribution in [0.25, 0.3) is 44.2 Å². The summed E-state index contributed by atoms with van der Waals surface area (Å²) >= 11 is 6.17. The summed E-state index contributed by atoms with van der Waals surface area (Å²) in [5, 5.41) is 30.9. The van der Waals surface area contributed by atoms with Crippen LogP contribution >= 0.6 is 11.6 Å². The minimum absolute atomic E-state index is 0.0226. The van der Waals surface area contributed by atoms with Crippen LogP contribution in [0.2, 0.25) is 5.02 Å². The molecule has 0 atom stereocenters. The normalized spacial score (nSPS) is 11.3. The molecular weight excluding hydrogens is 472 g/mol. The summed E-state index contributed by atoms with van der Waals surface area (Å²) in [6, 6.07) is 15.9. The van der Waals surface area contributed by atoms with Gasteiger partial charge in [-0.05, 0) is 47.7 Å². The number of aromatic carboxylic acids is 1. The number of phenolic OH excluding ortho intramolecular Hbond substituents is 1. The smallest absolute Gasteiger partial charge is 0.336 e. The van der Waals surface area contributed by atoms with E-state index in [1.54, 1.807) is 42.5 Å². The Morgan fingerprint density at radius 3 is 2.43 bits per heavy atom. The van der Waals surface area contributed by atoms with Crippen LogP contribution in [-0.4, -0.2) is 27.3 Å². The molecule has 7 nitrogen and oxygen atoms in total. The van der Waals surface area contributed by atoms with E-state index in [-0.39, 0.29) is 45.9 Å². The lowest BCUT2D eigenvalue weighted by Crippen LogP contribution is -2.11. The molecule has 0 fully saturated rings. The van der Waals surface area contributed by atoms with Gasteiger partial charge in [0.2, 0.25) is 0 Å². The molecule has 5 rings (SSSR count). The molecule has 3 aromatic carbocycles. The molecule has 0 spiro atoms. The molecule has 8 heteroatoms. The third-order valence-electron chi connectivity index (χ3n) is 5.99. The molecule has 174 valence electrons. The Hall–Kier alpha value is -4.36. The average Bonchev–Trinajstić information content (AvgIpc) is 2.82. The lowest BCUT2D eigenvalue weighted by molar-refractivity contribution is -0.136. The summed E-state index contributed by atoms with van der Waals surface area (Å²) in [6.07, 6.45) is -0.200. The third-order valence-corrected chi connectivity index (χ3v) is 6.29. The van der Waals surface area contributed by atoms with Gasteiger partial charge in [-0.15, -0.1) is 0 Å². The van der Waals surface area contributed by atoms with Crippen LogP contribution in [-0.2, 0) is 11.2 Å². The van der Waals surface area contributed by atoms with Crippen LogP contribution in [0.4, 0.5) is 0 Å². The Balaban J connectivity index is 1.96. The first kappa shape index (κ1) is 22.4. The number of hydrogen-bond donors (Lipinski definition) is 3. The topological polar surface area (TPSA) is 125 Å². The molecule has 0 unspecified atom stereocenters. The highest BCUT2D eigenvalue weighted by molar-refractivity contribution is 6.33. The van der Waals surface area contributed by atoms with Crippen molar-refractivity contribution in [1.29, 1.82) is 0 Å². The number of phenols is 1. The Morgan fingerprint density at radius 2 is 1.69 bits per heavy atom. The van der Waals surface area contributed by atoms with Crippen molar-refractivity contribution >= 4 is 45.3 Å². The van der Waals surface area contributed by atoms with Gasteiger partial charge in [0.1, 0.15) is 17.1 Å². The molecule has 35 heavy (non-hydrogen) atoms. The van der Waals surface area contributed by atoms with Crippen molar-refractivity contribution in [3.8, 4) is 28.2 Å². The van der Waals surface area contributed by atoms with Gasteiger partial charge < -0.3 is 19.7 Å². The third kappa shape index (κ3) is 3.86. The number of aromatic hydroxyl groups is 1. The Kier molecular flexibility index (Phi) is 5.42. The molecule has 1 aliphatic heterocycles. The maximum atomic E-state index is 12.8. The van der Waals surface area contributed by atoms with Gasteiger partial charge in [-0.25, -0.2) is 4.79 Å². The predicted octanol–water partition coefficient (Wildman–Crippen LogP) is 5.79.